The van der Waals surface area contributed by atoms with Gasteiger partial charge in [-0.15, -0.1) is 0 Å². The summed E-state index contributed by atoms with van der Waals surface area (Å²) in [6, 6.07) is 30.3. The van der Waals surface area contributed by atoms with Gasteiger partial charge in [0, 0.05) is 23.8 Å². The number of non-ortho nitro benzene ring substituents is 1. The summed E-state index contributed by atoms with van der Waals surface area (Å²) in [5.41, 5.74) is 8.24. The van der Waals surface area contributed by atoms with Crippen molar-refractivity contribution in [3.05, 3.63) is 142 Å². The fraction of sp³-hybridized carbons (Fsp3) is 0.0690. The Hall–Kier alpha value is -5.11. The predicted molar refractivity (Wildman–Crippen MR) is 141 cm³/mol. The molecule has 0 aliphatic rings. The van der Waals surface area contributed by atoms with Crippen molar-refractivity contribution >= 4 is 17.3 Å². The molecule has 4 aromatic carbocycles. The highest BCUT2D eigenvalue weighted by Crippen LogP contribution is 2.27. The van der Waals surface area contributed by atoms with Gasteiger partial charge in [-0.05, 0) is 23.3 Å². The SMILES string of the molecule is C=C(NNC(=O)c1ccc(OCc2ccccc2)cc1OCc1ccccc1)c1cccc([N+](=O)[O-])c1. The van der Waals surface area contributed by atoms with Crippen molar-refractivity contribution in [1.82, 2.24) is 10.9 Å². The normalized spacial score (nSPS) is 10.3. The Morgan fingerprint density at radius 1 is 0.784 bits per heavy atom. The van der Waals surface area contributed by atoms with Gasteiger partial charge in [-0.1, -0.05) is 79.4 Å². The molecule has 0 bridgehead atoms. The van der Waals surface area contributed by atoms with Crippen LogP contribution in [0.1, 0.15) is 27.0 Å². The Morgan fingerprint density at radius 2 is 1.43 bits per heavy atom. The highest BCUT2D eigenvalue weighted by Gasteiger charge is 2.16. The molecule has 0 aromatic heterocycles. The number of rotatable bonds is 11. The van der Waals surface area contributed by atoms with Crippen LogP contribution in [0.15, 0.2) is 110 Å². The van der Waals surface area contributed by atoms with E-state index in [1.54, 1.807) is 30.3 Å². The van der Waals surface area contributed by atoms with Crippen LogP contribution in [-0.4, -0.2) is 10.8 Å². The zero-order valence-electron chi connectivity index (χ0n) is 19.9. The number of hydrogen-bond donors (Lipinski definition) is 2. The summed E-state index contributed by atoms with van der Waals surface area (Å²) < 4.78 is 11.9. The number of nitro benzene ring substituents is 1. The summed E-state index contributed by atoms with van der Waals surface area (Å²) in [7, 11) is 0. The minimum Gasteiger partial charge on any atom is -0.489 e. The maximum atomic E-state index is 13.0. The van der Waals surface area contributed by atoms with E-state index in [2.05, 4.69) is 17.4 Å². The van der Waals surface area contributed by atoms with Gasteiger partial charge in [-0.3, -0.25) is 25.8 Å². The van der Waals surface area contributed by atoms with Gasteiger partial charge in [0.25, 0.3) is 11.6 Å². The predicted octanol–water partition coefficient (Wildman–Crippen LogP) is 5.66. The van der Waals surface area contributed by atoms with Gasteiger partial charge in [-0.2, -0.15) is 0 Å². The van der Waals surface area contributed by atoms with E-state index in [-0.39, 0.29) is 17.9 Å². The van der Waals surface area contributed by atoms with Crippen LogP contribution in [0, 0.1) is 10.1 Å². The van der Waals surface area contributed by atoms with Gasteiger partial charge in [-0.25, -0.2) is 0 Å². The summed E-state index contributed by atoms with van der Waals surface area (Å²) in [6.07, 6.45) is 0. The smallest absolute Gasteiger partial charge is 0.273 e. The number of nitrogens with one attached hydrogen (secondary N) is 2. The Bertz CT molecular complexity index is 1390. The average molecular weight is 496 g/mol. The Morgan fingerprint density at radius 3 is 2.08 bits per heavy atom. The monoisotopic (exact) mass is 495 g/mol. The second-order valence-electron chi connectivity index (χ2n) is 8.07. The zero-order valence-corrected chi connectivity index (χ0v) is 19.9. The standard InChI is InChI=1S/C29H25N3O5/c1-21(24-13-8-14-25(17-24)32(34)35)30-31-29(33)27-16-15-26(36-19-22-9-4-2-5-10-22)18-28(27)37-20-23-11-6-3-7-12-23/h2-18,30H,1,19-20H2,(H,31,33). The topological polar surface area (TPSA) is 103 Å². The summed E-state index contributed by atoms with van der Waals surface area (Å²) in [5, 5.41) is 11.0. The molecule has 186 valence electrons. The van der Waals surface area contributed by atoms with Crippen molar-refractivity contribution in [2.75, 3.05) is 0 Å². The van der Waals surface area contributed by atoms with E-state index in [1.807, 2.05) is 60.7 Å². The van der Waals surface area contributed by atoms with Crippen molar-refractivity contribution in [1.29, 1.82) is 0 Å². The van der Waals surface area contributed by atoms with E-state index in [0.717, 1.165) is 11.1 Å². The Labute approximate surface area is 214 Å². The molecule has 8 heteroatoms. The van der Waals surface area contributed by atoms with Crippen molar-refractivity contribution in [2.24, 2.45) is 0 Å². The third-order valence-electron chi connectivity index (χ3n) is 5.42. The third-order valence-corrected chi connectivity index (χ3v) is 5.42. The van der Waals surface area contributed by atoms with Gasteiger partial charge in [0.2, 0.25) is 0 Å². The first-order valence-corrected chi connectivity index (χ1v) is 11.5. The lowest BCUT2D eigenvalue weighted by Gasteiger charge is -2.16. The molecule has 0 aliphatic heterocycles. The number of ether oxygens (including phenoxy) is 2. The lowest BCUT2D eigenvalue weighted by atomic mass is 10.1. The maximum absolute atomic E-state index is 13.0. The van der Waals surface area contributed by atoms with Crippen LogP contribution < -0.4 is 20.3 Å². The van der Waals surface area contributed by atoms with Crippen molar-refractivity contribution < 1.29 is 19.2 Å². The molecule has 8 nitrogen and oxygen atoms in total. The van der Waals surface area contributed by atoms with E-state index in [9.17, 15) is 14.9 Å². The lowest BCUT2D eigenvalue weighted by Crippen LogP contribution is -2.36. The van der Waals surface area contributed by atoms with Gasteiger partial charge >= 0.3 is 0 Å². The van der Waals surface area contributed by atoms with Crippen LogP contribution >= 0.6 is 0 Å². The minimum absolute atomic E-state index is 0.0746. The molecule has 0 radical (unpaired) electrons. The van der Waals surface area contributed by atoms with E-state index in [1.165, 1.54) is 12.1 Å². The molecule has 0 saturated heterocycles. The fourth-order valence-corrected chi connectivity index (χ4v) is 3.45. The highest BCUT2D eigenvalue weighted by atomic mass is 16.6. The summed E-state index contributed by atoms with van der Waals surface area (Å²) in [4.78, 5) is 23.6. The largest absolute Gasteiger partial charge is 0.489 e. The molecular weight excluding hydrogens is 470 g/mol. The first kappa shape index (κ1) is 25.0. The van der Waals surface area contributed by atoms with E-state index >= 15 is 0 Å². The van der Waals surface area contributed by atoms with Crippen LogP contribution in [-0.2, 0) is 13.2 Å². The quantitative estimate of drug-likeness (QED) is 0.206. The number of hydrazine groups is 1. The van der Waals surface area contributed by atoms with Crippen LogP contribution in [0.3, 0.4) is 0 Å². The molecule has 4 rings (SSSR count). The third kappa shape index (κ3) is 6.95. The highest BCUT2D eigenvalue weighted by molar-refractivity contribution is 5.97. The number of carbonyl (C=O) groups excluding carboxylic acids is 1. The van der Waals surface area contributed by atoms with E-state index < -0.39 is 10.8 Å². The van der Waals surface area contributed by atoms with Crippen molar-refractivity contribution in [3.63, 3.8) is 0 Å². The molecule has 0 heterocycles. The zero-order chi connectivity index (χ0) is 26.0. The van der Waals surface area contributed by atoms with Crippen LogP contribution in [0.25, 0.3) is 5.70 Å². The van der Waals surface area contributed by atoms with E-state index in [4.69, 9.17) is 9.47 Å². The van der Waals surface area contributed by atoms with Gasteiger partial charge in [0.05, 0.1) is 16.2 Å². The first-order chi connectivity index (χ1) is 18.0. The summed E-state index contributed by atoms with van der Waals surface area (Å²) in [5.74, 6) is 0.427. The van der Waals surface area contributed by atoms with Crippen LogP contribution in [0.4, 0.5) is 5.69 Å². The average Bonchev–Trinajstić information content (AvgIpc) is 2.94. The number of benzene rings is 4. The maximum Gasteiger partial charge on any atom is 0.273 e. The number of nitrogens with zero attached hydrogens (tertiary/aromatic N) is 1. The second-order valence-corrected chi connectivity index (χ2v) is 8.07. The summed E-state index contributed by atoms with van der Waals surface area (Å²) >= 11 is 0. The number of nitro groups is 1. The molecule has 0 aliphatic carbocycles. The fourth-order valence-electron chi connectivity index (χ4n) is 3.45. The molecule has 37 heavy (non-hydrogen) atoms. The molecule has 2 N–H and O–H groups in total. The summed E-state index contributed by atoms with van der Waals surface area (Å²) in [6.45, 7) is 4.49. The first-order valence-electron chi connectivity index (χ1n) is 11.5. The molecule has 0 unspecified atom stereocenters. The van der Waals surface area contributed by atoms with Crippen LogP contribution in [0.2, 0.25) is 0 Å². The molecule has 0 atom stereocenters. The minimum atomic E-state index is -0.493. The number of amides is 1. The van der Waals surface area contributed by atoms with Gasteiger partial charge < -0.3 is 9.47 Å². The van der Waals surface area contributed by atoms with Crippen molar-refractivity contribution in [2.45, 2.75) is 13.2 Å². The lowest BCUT2D eigenvalue weighted by molar-refractivity contribution is -0.384. The van der Waals surface area contributed by atoms with Crippen LogP contribution in [0.5, 0.6) is 11.5 Å². The molecule has 4 aromatic rings. The Balaban J connectivity index is 1.48. The second kappa shape index (κ2) is 12.0. The number of carbonyl (C=O) groups is 1. The molecule has 0 fully saturated rings. The van der Waals surface area contributed by atoms with E-state index in [0.29, 0.717) is 29.4 Å². The Kier molecular flexibility index (Phi) is 8.13. The molecular formula is C29H25N3O5. The number of hydrogen-bond acceptors (Lipinski definition) is 6. The molecule has 0 saturated carbocycles. The van der Waals surface area contributed by atoms with Gasteiger partial charge in [0.1, 0.15) is 24.7 Å². The molecule has 1 amide bonds. The van der Waals surface area contributed by atoms with Crippen molar-refractivity contribution in [3.8, 4) is 11.5 Å². The molecule has 0 spiro atoms. The van der Waals surface area contributed by atoms with Gasteiger partial charge in [0.15, 0.2) is 0 Å².